The first-order valence-corrected chi connectivity index (χ1v) is 6.67. The van der Waals surface area contributed by atoms with Crippen LogP contribution in [0.25, 0.3) is 0 Å². The molecule has 0 bridgehead atoms. The fourth-order valence-electron chi connectivity index (χ4n) is 1.57. The summed E-state index contributed by atoms with van der Waals surface area (Å²) >= 11 is 9.24. The van der Waals surface area contributed by atoms with Crippen LogP contribution in [0.5, 0.6) is 5.75 Å². The molecule has 0 spiro atoms. The predicted molar refractivity (Wildman–Crippen MR) is 80.1 cm³/mol. The Kier molecular flexibility index (Phi) is 4.45. The molecule has 0 aliphatic carbocycles. The second-order valence-corrected chi connectivity index (χ2v) is 5.16. The third-order valence-corrected chi connectivity index (χ3v) is 3.28. The van der Waals surface area contributed by atoms with Crippen molar-refractivity contribution in [3.8, 4) is 5.75 Å². The van der Waals surface area contributed by atoms with Crippen LogP contribution in [0.15, 0.2) is 46.9 Å². The van der Waals surface area contributed by atoms with Gasteiger partial charge in [0.25, 0.3) is 5.91 Å². The van der Waals surface area contributed by atoms with Crippen LogP contribution in [0.3, 0.4) is 0 Å². The van der Waals surface area contributed by atoms with E-state index in [0.29, 0.717) is 22.0 Å². The summed E-state index contributed by atoms with van der Waals surface area (Å²) in [6, 6.07) is 12.1. The van der Waals surface area contributed by atoms with Crippen LogP contribution in [0.1, 0.15) is 10.4 Å². The maximum Gasteiger partial charge on any atom is 0.255 e. The summed E-state index contributed by atoms with van der Waals surface area (Å²) in [5.41, 5.74) is 1.10. The first-order chi connectivity index (χ1) is 9.10. The number of benzene rings is 2. The van der Waals surface area contributed by atoms with Gasteiger partial charge in [0.05, 0.1) is 12.8 Å². The van der Waals surface area contributed by atoms with E-state index in [9.17, 15) is 4.79 Å². The van der Waals surface area contributed by atoms with Crippen LogP contribution in [-0.4, -0.2) is 13.0 Å². The molecule has 0 saturated heterocycles. The van der Waals surface area contributed by atoms with Crippen LogP contribution in [-0.2, 0) is 0 Å². The van der Waals surface area contributed by atoms with Crippen molar-refractivity contribution in [2.24, 2.45) is 0 Å². The minimum absolute atomic E-state index is 0.215. The molecule has 98 valence electrons. The van der Waals surface area contributed by atoms with E-state index in [0.717, 1.165) is 4.47 Å². The molecule has 0 aliphatic heterocycles. The Labute approximate surface area is 124 Å². The van der Waals surface area contributed by atoms with Gasteiger partial charge in [-0.25, -0.2) is 0 Å². The first kappa shape index (κ1) is 13.9. The summed E-state index contributed by atoms with van der Waals surface area (Å²) < 4.78 is 6.10. The van der Waals surface area contributed by atoms with Gasteiger partial charge in [0.15, 0.2) is 0 Å². The van der Waals surface area contributed by atoms with Crippen LogP contribution in [0.2, 0.25) is 5.02 Å². The number of amides is 1. The number of carbonyl (C=O) groups excluding carboxylic acids is 1. The van der Waals surface area contributed by atoms with Crippen molar-refractivity contribution in [2.75, 3.05) is 12.4 Å². The molecule has 0 fully saturated rings. The van der Waals surface area contributed by atoms with Gasteiger partial charge >= 0.3 is 0 Å². The van der Waals surface area contributed by atoms with Crippen molar-refractivity contribution in [1.82, 2.24) is 0 Å². The van der Waals surface area contributed by atoms with Crippen molar-refractivity contribution >= 4 is 39.1 Å². The number of carbonyl (C=O) groups is 1. The largest absolute Gasteiger partial charge is 0.495 e. The first-order valence-electron chi connectivity index (χ1n) is 5.50. The zero-order chi connectivity index (χ0) is 13.8. The van der Waals surface area contributed by atoms with Gasteiger partial charge in [-0.3, -0.25) is 4.79 Å². The summed E-state index contributed by atoms with van der Waals surface area (Å²) in [6.07, 6.45) is 0. The highest BCUT2D eigenvalue weighted by Gasteiger charge is 2.10. The van der Waals surface area contributed by atoms with E-state index < -0.39 is 0 Å². The van der Waals surface area contributed by atoms with Gasteiger partial charge in [-0.15, -0.1) is 0 Å². The zero-order valence-corrected chi connectivity index (χ0v) is 12.5. The molecular weight excluding hydrogens is 330 g/mol. The maximum atomic E-state index is 12.1. The van der Waals surface area contributed by atoms with Crippen LogP contribution in [0, 0.1) is 0 Å². The summed E-state index contributed by atoms with van der Waals surface area (Å²) in [5, 5.41) is 3.31. The minimum atomic E-state index is -0.215. The van der Waals surface area contributed by atoms with Gasteiger partial charge in [-0.2, -0.15) is 0 Å². The van der Waals surface area contributed by atoms with Crippen LogP contribution < -0.4 is 10.1 Å². The van der Waals surface area contributed by atoms with Crippen molar-refractivity contribution in [2.45, 2.75) is 0 Å². The molecule has 0 aromatic heterocycles. The van der Waals surface area contributed by atoms with Crippen molar-refractivity contribution in [1.29, 1.82) is 0 Å². The van der Waals surface area contributed by atoms with Gasteiger partial charge in [0, 0.05) is 15.1 Å². The molecule has 0 atom stereocenters. The molecular formula is C14H11BrClNO2. The van der Waals surface area contributed by atoms with Gasteiger partial charge < -0.3 is 10.1 Å². The molecule has 5 heteroatoms. The van der Waals surface area contributed by atoms with E-state index in [4.69, 9.17) is 16.3 Å². The fourth-order valence-corrected chi connectivity index (χ4v) is 2.01. The molecule has 2 aromatic carbocycles. The normalized spacial score (nSPS) is 10.1. The number of methoxy groups -OCH3 is 1. The van der Waals surface area contributed by atoms with Crippen molar-refractivity contribution in [3.05, 3.63) is 57.5 Å². The summed E-state index contributed by atoms with van der Waals surface area (Å²) in [4.78, 5) is 12.1. The number of anilines is 1. The summed E-state index contributed by atoms with van der Waals surface area (Å²) in [5.74, 6) is 0.350. The second-order valence-electron chi connectivity index (χ2n) is 3.81. The average molecular weight is 341 g/mol. The smallest absolute Gasteiger partial charge is 0.255 e. The lowest BCUT2D eigenvalue weighted by Gasteiger charge is -2.10. The summed E-state index contributed by atoms with van der Waals surface area (Å²) in [7, 11) is 1.54. The van der Waals surface area contributed by atoms with Gasteiger partial charge in [-0.05, 0) is 42.5 Å². The second kappa shape index (κ2) is 6.08. The lowest BCUT2D eigenvalue weighted by Crippen LogP contribution is -2.12. The van der Waals surface area contributed by atoms with Crippen LogP contribution in [0.4, 0.5) is 5.69 Å². The van der Waals surface area contributed by atoms with E-state index in [1.165, 1.54) is 0 Å². The zero-order valence-electron chi connectivity index (χ0n) is 10.1. The SMILES string of the molecule is COc1ccc(Cl)cc1NC(=O)c1ccc(Br)cc1. The molecule has 0 aliphatic rings. The van der Waals surface area contributed by atoms with E-state index in [2.05, 4.69) is 21.2 Å². The number of ether oxygens (including phenoxy) is 1. The van der Waals surface area contributed by atoms with E-state index in [-0.39, 0.29) is 5.91 Å². The van der Waals surface area contributed by atoms with Gasteiger partial charge in [0.1, 0.15) is 5.75 Å². The lowest BCUT2D eigenvalue weighted by atomic mass is 10.2. The molecule has 2 rings (SSSR count). The van der Waals surface area contributed by atoms with Gasteiger partial charge in [0.2, 0.25) is 0 Å². The highest BCUT2D eigenvalue weighted by atomic mass is 79.9. The molecule has 3 nitrogen and oxygen atoms in total. The Bertz CT molecular complexity index is 599. The van der Waals surface area contributed by atoms with E-state index in [1.54, 1.807) is 37.4 Å². The number of hydrogen-bond donors (Lipinski definition) is 1. The molecule has 1 amide bonds. The average Bonchev–Trinajstić information content (AvgIpc) is 2.39. The Morgan fingerprint density at radius 3 is 2.53 bits per heavy atom. The molecule has 0 unspecified atom stereocenters. The Balaban J connectivity index is 2.23. The van der Waals surface area contributed by atoms with Crippen LogP contribution >= 0.6 is 27.5 Å². The molecule has 1 N–H and O–H groups in total. The summed E-state index contributed by atoms with van der Waals surface area (Å²) in [6.45, 7) is 0. The third kappa shape index (κ3) is 3.49. The van der Waals surface area contributed by atoms with Gasteiger partial charge in [-0.1, -0.05) is 27.5 Å². The molecule has 0 saturated carbocycles. The molecule has 0 heterocycles. The lowest BCUT2D eigenvalue weighted by molar-refractivity contribution is 0.102. The fraction of sp³-hybridized carbons (Fsp3) is 0.0714. The number of hydrogen-bond acceptors (Lipinski definition) is 2. The van der Waals surface area contributed by atoms with E-state index >= 15 is 0 Å². The maximum absolute atomic E-state index is 12.1. The monoisotopic (exact) mass is 339 g/mol. The van der Waals surface area contributed by atoms with Crippen molar-refractivity contribution in [3.63, 3.8) is 0 Å². The standard InChI is InChI=1S/C14H11BrClNO2/c1-19-13-7-6-11(16)8-12(13)17-14(18)9-2-4-10(15)5-3-9/h2-8H,1H3,(H,17,18). The Morgan fingerprint density at radius 2 is 1.89 bits per heavy atom. The quantitative estimate of drug-likeness (QED) is 0.901. The molecule has 0 radical (unpaired) electrons. The predicted octanol–water partition coefficient (Wildman–Crippen LogP) is 4.36. The number of rotatable bonds is 3. The Morgan fingerprint density at radius 1 is 1.21 bits per heavy atom. The topological polar surface area (TPSA) is 38.3 Å². The molecule has 2 aromatic rings. The van der Waals surface area contributed by atoms with E-state index in [1.807, 2.05) is 12.1 Å². The highest BCUT2D eigenvalue weighted by molar-refractivity contribution is 9.10. The third-order valence-electron chi connectivity index (χ3n) is 2.52. The number of halogens is 2. The number of nitrogens with one attached hydrogen (secondary N) is 1. The Hall–Kier alpha value is -1.52. The highest BCUT2D eigenvalue weighted by Crippen LogP contribution is 2.28. The van der Waals surface area contributed by atoms with Crippen molar-refractivity contribution < 1.29 is 9.53 Å². The minimum Gasteiger partial charge on any atom is -0.495 e. The molecule has 19 heavy (non-hydrogen) atoms.